The number of para-hydroxylation sites is 1. The van der Waals surface area contributed by atoms with Gasteiger partial charge in [-0.25, -0.2) is 0 Å². The number of nitrogens with zero attached hydrogens (tertiary/aromatic N) is 1. The van der Waals surface area contributed by atoms with E-state index in [2.05, 4.69) is 18.3 Å². The maximum absolute atomic E-state index is 9.84. The molecule has 0 aromatic heterocycles. The van der Waals surface area contributed by atoms with Gasteiger partial charge in [0.2, 0.25) is 0 Å². The van der Waals surface area contributed by atoms with E-state index in [4.69, 9.17) is 10.00 Å². The molecule has 1 aliphatic rings. The highest BCUT2D eigenvalue weighted by molar-refractivity contribution is 5.42. The number of aliphatic hydroxyl groups is 1. The third kappa shape index (κ3) is 3.95. The highest BCUT2D eigenvalue weighted by Gasteiger charge is 2.25. The number of hydrogen-bond acceptors (Lipinski definition) is 4. The minimum Gasteiger partial charge on any atom is -0.489 e. The minimum atomic E-state index is -0.553. The minimum absolute atomic E-state index is 0.202. The Labute approximate surface area is 114 Å². The zero-order valence-electron chi connectivity index (χ0n) is 11.2. The van der Waals surface area contributed by atoms with Gasteiger partial charge in [0.05, 0.1) is 5.56 Å². The van der Waals surface area contributed by atoms with Crippen molar-refractivity contribution in [3.63, 3.8) is 0 Å². The molecule has 1 saturated carbocycles. The molecular formula is C15H20N2O2. The molecule has 0 amide bonds. The predicted molar refractivity (Wildman–Crippen MR) is 72.8 cm³/mol. The third-order valence-electron chi connectivity index (χ3n) is 3.45. The molecular weight excluding hydrogens is 240 g/mol. The van der Waals surface area contributed by atoms with Gasteiger partial charge in [-0.2, -0.15) is 5.26 Å². The van der Waals surface area contributed by atoms with Crippen LogP contribution in [0.5, 0.6) is 5.75 Å². The first-order valence-electron chi connectivity index (χ1n) is 6.72. The summed E-state index contributed by atoms with van der Waals surface area (Å²) in [4.78, 5) is 0. The maximum atomic E-state index is 9.84. The number of rotatable bonds is 6. The van der Waals surface area contributed by atoms with E-state index in [-0.39, 0.29) is 6.61 Å². The van der Waals surface area contributed by atoms with Gasteiger partial charge in [0.25, 0.3) is 0 Å². The van der Waals surface area contributed by atoms with Gasteiger partial charge in [-0.05, 0) is 30.9 Å². The lowest BCUT2D eigenvalue weighted by Crippen LogP contribution is -2.44. The van der Waals surface area contributed by atoms with Crippen molar-refractivity contribution < 1.29 is 9.84 Å². The van der Waals surface area contributed by atoms with E-state index in [1.807, 2.05) is 6.07 Å². The summed E-state index contributed by atoms with van der Waals surface area (Å²) in [5.74, 6) is 1.33. The van der Waals surface area contributed by atoms with Crippen LogP contribution in [0.3, 0.4) is 0 Å². The van der Waals surface area contributed by atoms with Crippen molar-refractivity contribution in [3.05, 3.63) is 29.8 Å². The normalized spacial score (nSPS) is 23.2. The van der Waals surface area contributed by atoms with Crippen LogP contribution in [0.4, 0.5) is 0 Å². The standard InChI is InChI=1S/C15H20N2O2/c1-11-6-13(7-11)17-9-14(18)10-19-15-5-3-2-4-12(15)8-16/h2-5,11,13-14,17-18H,6-7,9-10H2,1H3. The average Bonchev–Trinajstić information content (AvgIpc) is 2.40. The summed E-state index contributed by atoms with van der Waals surface area (Å²) in [5, 5.41) is 22.1. The topological polar surface area (TPSA) is 65.3 Å². The highest BCUT2D eigenvalue weighted by Crippen LogP contribution is 2.26. The number of nitriles is 1. The number of nitrogens with one attached hydrogen (secondary N) is 1. The molecule has 0 saturated heterocycles. The fraction of sp³-hybridized carbons (Fsp3) is 0.533. The fourth-order valence-corrected chi connectivity index (χ4v) is 2.30. The second-order valence-electron chi connectivity index (χ2n) is 5.25. The van der Waals surface area contributed by atoms with Crippen LogP contribution in [-0.2, 0) is 0 Å². The molecule has 1 unspecified atom stereocenters. The van der Waals surface area contributed by atoms with E-state index in [1.165, 1.54) is 12.8 Å². The van der Waals surface area contributed by atoms with Crippen LogP contribution >= 0.6 is 0 Å². The second kappa shape index (κ2) is 6.55. The van der Waals surface area contributed by atoms with Gasteiger partial charge in [-0.15, -0.1) is 0 Å². The van der Waals surface area contributed by atoms with Crippen molar-refractivity contribution in [2.24, 2.45) is 5.92 Å². The lowest BCUT2D eigenvalue weighted by atomic mass is 9.82. The van der Waals surface area contributed by atoms with Crippen LogP contribution in [0.25, 0.3) is 0 Å². The SMILES string of the molecule is CC1CC(NCC(O)COc2ccccc2C#N)C1. The zero-order chi connectivity index (χ0) is 13.7. The molecule has 1 aliphatic carbocycles. The van der Waals surface area contributed by atoms with Crippen molar-refractivity contribution in [3.8, 4) is 11.8 Å². The first kappa shape index (κ1) is 13.9. The summed E-state index contributed by atoms with van der Waals surface area (Å²) < 4.78 is 5.48. The number of hydrogen-bond donors (Lipinski definition) is 2. The lowest BCUT2D eigenvalue weighted by molar-refractivity contribution is 0.0954. The Balaban J connectivity index is 1.71. The van der Waals surface area contributed by atoms with Crippen LogP contribution in [0.15, 0.2) is 24.3 Å². The van der Waals surface area contributed by atoms with E-state index in [9.17, 15) is 5.11 Å². The van der Waals surface area contributed by atoms with Crippen molar-refractivity contribution in [1.82, 2.24) is 5.32 Å². The van der Waals surface area contributed by atoms with Crippen molar-refractivity contribution in [2.45, 2.75) is 31.9 Å². The Hall–Kier alpha value is -1.57. The molecule has 1 aromatic carbocycles. The van der Waals surface area contributed by atoms with Gasteiger partial charge < -0.3 is 15.2 Å². The molecule has 2 rings (SSSR count). The Morgan fingerprint density at radius 1 is 1.47 bits per heavy atom. The first-order valence-corrected chi connectivity index (χ1v) is 6.72. The molecule has 0 radical (unpaired) electrons. The summed E-state index contributed by atoms with van der Waals surface area (Å²) in [5.41, 5.74) is 0.496. The quantitative estimate of drug-likeness (QED) is 0.817. The zero-order valence-corrected chi connectivity index (χ0v) is 11.2. The first-order chi connectivity index (χ1) is 9.19. The van der Waals surface area contributed by atoms with Gasteiger partial charge in [0, 0.05) is 12.6 Å². The fourth-order valence-electron chi connectivity index (χ4n) is 2.30. The van der Waals surface area contributed by atoms with Gasteiger partial charge in [0.1, 0.15) is 24.5 Å². The third-order valence-corrected chi connectivity index (χ3v) is 3.45. The van der Waals surface area contributed by atoms with Gasteiger partial charge in [-0.3, -0.25) is 0 Å². The average molecular weight is 260 g/mol. The van der Waals surface area contributed by atoms with Crippen molar-refractivity contribution in [2.75, 3.05) is 13.2 Å². The van der Waals surface area contributed by atoms with E-state index in [0.717, 1.165) is 5.92 Å². The summed E-state index contributed by atoms with van der Waals surface area (Å²) in [7, 11) is 0. The molecule has 19 heavy (non-hydrogen) atoms. The highest BCUT2D eigenvalue weighted by atomic mass is 16.5. The Morgan fingerprint density at radius 2 is 2.21 bits per heavy atom. The number of benzene rings is 1. The van der Waals surface area contributed by atoms with E-state index < -0.39 is 6.10 Å². The van der Waals surface area contributed by atoms with Gasteiger partial charge in [-0.1, -0.05) is 19.1 Å². The molecule has 2 N–H and O–H groups in total. The smallest absolute Gasteiger partial charge is 0.137 e. The molecule has 1 atom stereocenters. The second-order valence-corrected chi connectivity index (χ2v) is 5.25. The van der Waals surface area contributed by atoms with E-state index in [1.54, 1.807) is 18.2 Å². The Bertz CT molecular complexity index is 450. The van der Waals surface area contributed by atoms with Crippen LogP contribution in [-0.4, -0.2) is 30.4 Å². The van der Waals surface area contributed by atoms with E-state index in [0.29, 0.717) is 23.9 Å². The lowest BCUT2D eigenvalue weighted by Gasteiger charge is -2.34. The van der Waals surface area contributed by atoms with Crippen LogP contribution in [0.2, 0.25) is 0 Å². The van der Waals surface area contributed by atoms with E-state index >= 15 is 0 Å². The summed E-state index contributed by atoms with van der Waals surface area (Å²) in [6.07, 6.45) is 1.82. The van der Waals surface area contributed by atoms with Crippen LogP contribution < -0.4 is 10.1 Å². The van der Waals surface area contributed by atoms with Crippen molar-refractivity contribution >= 4 is 0 Å². The number of aliphatic hydroxyl groups excluding tert-OH is 1. The molecule has 0 aliphatic heterocycles. The van der Waals surface area contributed by atoms with Gasteiger partial charge >= 0.3 is 0 Å². The largest absolute Gasteiger partial charge is 0.489 e. The van der Waals surface area contributed by atoms with Crippen molar-refractivity contribution in [1.29, 1.82) is 5.26 Å². The summed E-state index contributed by atoms with van der Waals surface area (Å²) in [6.45, 7) is 2.97. The molecule has 4 heteroatoms. The molecule has 0 spiro atoms. The monoisotopic (exact) mass is 260 g/mol. The summed E-state index contributed by atoms with van der Waals surface area (Å²) in [6, 6.07) is 9.66. The molecule has 4 nitrogen and oxygen atoms in total. The molecule has 1 fully saturated rings. The Morgan fingerprint density at radius 3 is 2.89 bits per heavy atom. The van der Waals surface area contributed by atoms with Crippen LogP contribution in [0, 0.1) is 17.2 Å². The predicted octanol–water partition coefficient (Wildman–Crippen LogP) is 1.69. The maximum Gasteiger partial charge on any atom is 0.137 e. The van der Waals surface area contributed by atoms with Crippen LogP contribution in [0.1, 0.15) is 25.3 Å². The summed E-state index contributed by atoms with van der Waals surface area (Å²) >= 11 is 0. The Kier molecular flexibility index (Phi) is 4.78. The molecule has 1 aromatic rings. The molecule has 0 heterocycles. The molecule has 102 valence electrons. The molecule has 0 bridgehead atoms. The number of ether oxygens (including phenoxy) is 1. The van der Waals surface area contributed by atoms with Gasteiger partial charge in [0.15, 0.2) is 0 Å².